The Morgan fingerprint density at radius 2 is 1.47 bits per heavy atom. The molecule has 2 nitrogen and oxygen atoms in total. The molecule has 2 saturated heterocycles. The van der Waals surface area contributed by atoms with E-state index < -0.39 is 0 Å². The molecule has 0 radical (unpaired) electrons. The first-order valence-corrected chi connectivity index (χ1v) is 7.51. The van der Waals surface area contributed by atoms with Crippen molar-refractivity contribution in [3.8, 4) is 0 Å². The fourth-order valence-electron chi connectivity index (χ4n) is 3.28. The summed E-state index contributed by atoms with van der Waals surface area (Å²) in [4.78, 5) is 5.19. The summed E-state index contributed by atoms with van der Waals surface area (Å²) in [5.41, 5.74) is 0.723. The molecular weight excluding hydrogens is 208 g/mol. The molecule has 2 aliphatic rings. The Hall–Kier alpha value is -0.0800. The quantitative estimate of drug-likeness (QED) is 0.746. The summed E-state index contributed by atoms with van der Waals surface area (Å²) in [6.07, 6.45) is 7.18. The van der Waals surface area contributed by atoms with Crippen molar-refractivity contribution in [3.05, 3.63) is 0 Å². The molecule has 0 aromatic heterocycles. The fourth-order valence-corrected chi connectivity index (χ4v) is 3.28. The first-order chi connectivity index (χ1) is 8.10. The van der Waals surface area contributed by atoms with E-state index in [2.05, 4.69) is 30.7 Å². The Balaban J connectivity index is 1.74. The highest BCUT2D eigenvalue weighted by atomic mass is 15.1. The second-order valence-electron chi connectivity index (χ2n) is 6.83. The van der Waals surface area contributed by atoms with Gasteiger partial charge in [0.1, 0.15) is 0 Å². The smallest absolute Gasteiger partial charge is 0.00134 e. The normalized spacial score (nSPS) is 26.8. The number of nitrogens with zero attached hydrogens (tertiary/aromatic N) is 2. The highest BCUT2D eigenvalue weighted by Crippen LogP contribution is 2.40. The highest BCUT2D eigenvalue weighted by Gasteiger charge is 2.36. The van der Waals surface area contributed by atoms with Gasteiger partial charge in [0.2, 0.25) is 0 Å². The Kier molecular flexibility index (Phi) is 4.48. The van der Waals surface area contributed by atoms with E-state index in [-0.39, 0.29) is 0 Å². The van der Waals surface area contributed by atoms with Gasteiger partial charge in [0.25, 0.3) is 0 Å². The Morgan fingerprint density at radius 1 is 0.941 bits per heavy atom. The van der Waals surface area contributed by atoms with Crippen molar-refractivity contribution < 1.29 is 0 Å². The van der Waals surface area contributed by atoms with Gasteiger partial charge in [0.05, 0.1) is 0 Å². The van der Waals surface area contributed by atoms with Gasteiger partial charge in [-0.2, -0.15) is 0 Å². The second-order valence-corrected chi connectivity index (χ2v) is 6.83. The van der Waals surface area contributed by atoms with Gasteiger partial charge in [-0.1, -0.05) is 13.8 Å². The minimum Gasteiger partial charge on any atom is -0.306 e. The molecule has 0 bridgehead atoms. The molecule has 0 aromatic rings. The first kappa shape index (κ1) is 13.4. The minimum atomic E-state index is 0.723. The molecule has 0 N–H and O–H groups in total. The second kappa shape index (κ2) is 5.71. The minimum absolute atomic E-state index is 0.723. The van der Waals surface area contributed by atoms with Crippen LogP contribution in [0.2, 0.25) is 0 Å². The lowest BCUT2D eigenvalue weighted by Gasteiger charge is -2.46. The van der Waals surface area contributed by atoms with E-state index in [0.29, 0.717) is 0 Å². The van der Waals surface area contributed by atoms with Crippen LogP contribution in [0.25, 0.3) is 0 Å². The molecule has 2 heterocycles. The molecule has 0 atom stereocenters. The van der Waals surface area contributed by atoms with Gasteiger partial charge in [-0.3, -0.25) is 0 Å². The van der Waals surface area contributed by atoms with E-state index in [0.717, 1.165) is 11.3 Å². The van der Waals surface area contributed by atoms with E-state index in [9.17, 15) is 0 Å². The third-order valence-corrected chi connectivity index (χ3v) is 4.99. The summed E-state index contributed by atoms with van der Waals surface area (Å²) in [6.45, 7) is 11.4. The van der Waals surface area contributed by atoms with Crippen molar-refractivity contribution in [3.63, 3.8) is 0 Å². The first-order valence-electron chi connectivity index (χ1n) is 7.51. The van der Waals surface area contributed by atoms with Crippen LogP contribution in [0.15, 0.2) is 0 Å². The highest BCUT2D eigenvalue weighted by molar-refractivity contribution is 4.89. The standard InChI is InChI=1S/C15H30N2/c1-14(2)4-9-17-12-7-15(8-13-17)5-10-16(3)11-6-15/h14H,4-13H2,1-3H3. The van der Waals surface area contributed by atoms with Crippen molar-refractivity contribution >= 4 is 0 Å². The molecule has 2 fully saturated rings. The largest absolute Gasteiger partial charge is 0.306 e. The van der Waals surface area contributed by atoms with Crippen molar-refractivity contribution in [2.24, 2.45) is 11.3 Å². The van der Waals surface area contributed by atoms with Crippen LogP contribution in [0.4, 0.5) is 0 Å². The lowest BCUT2D eigenvalue weighted by molar-refractivity contribution is 0.0414. The molecule has 0 aliphatic carbocycles. The summed E-state index contributed by atoms with van der Waals surface area (Å²) in [5.74, 6) is 0.856. The summed E-state index contributed by atoms with van der Waals surface area (Å²) in [5, 5.41) is 0. The Bertz CT molecular complexity index is 219. The molecule has 17 heavy (non-hydrogen) atoms. The predicted octanol–water partition coefficient (Wildman–Crippen LogP) is 2.84. The van der Waals surface area contributed by atoms with Crippen LogP contribution < -0.4 is 0 Å². The molecular formula is C15H30N2. The zero-order valence-corrected chi connectivity index (χ0v) is 12.0. The Morgan fingerprint density at radius 3 is 2.00 bits per heavy atom. The summed E-state index contributed by atoms with van der Waals surface area (Å²) >= 11 is 0. The number of likely N-dealkylation sites (tertiary alicyclic amines) is 2. The maximum atomic E-state index is 2.70. The van der Waals surface area contributed by atoms with Gasteiger partial charge in [-0.05, 0) is 83.2 Å². The third kappa shape index (κ3) is 3.69. The molecule has 2 aliphatic heterocycles. The van der Waals surface area contributed by atoms with Crippen LogP contribution in [0.1, 0.15) is 46.0 Å². The van der Waals surface area contributed by atoms with Crippen LogP contribution >= 0.6 is 0 Å². The molecule has 0 aromatic carbocycles. The van der Waals surface area contributed by atoms with E-state index >= 15 is 0 Å². The molecule has 1 spiro atoms. The predicted molar refractivity (Wildman–Crippen MR) is 74.3 cm³/mol. The molecule has 0 amide bonds. The molecule has 0 unspecified atom stereocenters. The topological polar surface area (TPSA) is 6.48 Å². The zero-order chi connectivity index (χ0) is 12.3. The van der Waals surface area contributed by atoms with Crippen LogP contribution in [-0.2, 0) is 0 Å². The van der Waals surface area contributed by atoms with E-state index in [1.807, 2.05) is 0 Å². The third-order valence-electron chi connectivity index (χ3n) is 4.99. The van der Waals surface area contributed by atoms with Gasteiger partial charge in [0.15, 0.2) is 0 Å². The van der Waals surface area contributed by atoms with Gasteiger partial charge in [-0.25, -0.2) is 0 Å². The van der Waals surface area contributed by atoms with Crippen LogP contribution in [-0.4, -0.2) is 49.6 Å². The van der Waals surface area contributed by atoms with Crippen LogP contribution in [0.5, 0.6) is 0 Å². The van der Waals surface area contributed by atoms with Crippen LogP contribution in [0, 0.1) is 11.3 Å². The van der Waals surface area contributed by atoms with E-state index in [4.69, 9.17) is 0 Å². The van der Waals surface area contributed by atoms with Crippen molar-refractivity contribution in [2.45, 2.75) is 46.0 Å². The van der Waals surface area contributed by atoms with E-state index in [1.165, 1.54) is 64.8 Å². The summed E-state index contributed by atoms with van der Waals surface area (Å²) < 4.78 is 0. The average Bonchev–Trinajstić information content (AvgIpc) is 2.33. The maximum Gasteiger partial charge on any atom is -0.00134 e. The van der Waals surface area contributed by atoms with Gasteiger partial charge < -0.3 is 9.80 Å². The van der Waals surface area contributed by atoms with E-state index in [1.54, 1.807) is 0 Å². The lowest BCUT2D eigenvalue weighted by atomic mass is 9.71. The molecule has 0 saturated carbocycles. The monoisotopic (exact) mass is 238 g/mol. The number of hydrogen-bond donors (Lipinski definition) is 0. The average molecular weight is 238 g/mol. The molecule has 2 rings (SSSR count). The van der Waals surface area contributed by atoms with Gasteiger partial charge in [0, 0.05) is 0 Å². The number of rotatable bonds is 3. The van der Waals surface area contributed by atoms with Crippen molar-refractivity contribution in [1.82, 2.24) is 9.80 Å². The fraction of sp³-hybridized carbons (Fsp3) is 1.00. The van der Waals surface area contributed by atoms with Gasteiger partial charge >= 0.3 is 0 Å². The maximum absolute atomic E-state index is 2.70. The number of piperidine rings is 2. The zero-order valence-electron chi connectivity index (χ0n) is 12.0. The lowest BCUT2D eigenvalue weighted by Crippen LogP contribution is -2.46. The van der Waals surface area contributed by atoms with Crippen LogP contribution in [0.3, 0.4) is 0 Å². The summed E-state index contributed by atoms with van der Waals surface area (Å²) in [7, 11) is 2.27. The molecule has 2 heteroatoms. The summed E-state index contributed by atoms with van der Waals surface area (Å²) in [6, 6.07) is 0. The number of hydrogen-bond acceptors (Lipinski definition) is 2. The van der Waals surface area contributed by atoms with Crippen molar-refractivity contribution in [1.29, 1.82) is 0 Å². The molecule has 100 valence electrons. The van der Waals surface area contributed by atoms with Gasteiger partial charge in [-0.15, -0.1) is 0 Å². The Labute approximate surface area is 107 Å². The SMILES string of the molecule is CC(C)CCN1CCC2(CCN(C)CC2)CC1. The van der Waals surface area contributed by atoms with Crippen molar-refractivity contribution in [2.75, 3.05) is 39.8 Å².